The van der Waals surface area contributed by atoms with Crippen molar-refractivity contribution in [3.63, 3.8) is 0 Å². The van der Waals surface area contributed by atoms with Crippen molar-refractivity contribution in [3.8, 4) is 0 Å². The Balaban J connectivity index is 2.22. The van der Waals surface area contributed by atoms with Gasteiger partial charge in [-0.15, -0.1) is 0 Å². The standard InChI is InChI=1S/C12H20N2O3/c1-12(2)11(16)13-6-7-14(12)9(8-4-5-8)10(15)17-3/h8-9H,4-7H2,1-3H3,(H,13,16). The van der Waals surface area contributed by atoms with E-state index in [2.05, 4.69) is 5.32 Å². The summed E-state index contributed by atoms with van der Waals surface area (Å²) in [5, 5.41) is 2.84. The van der Waals surface area contributed by atoms with Gasteiger partial charge in [0.2, 0.25) is 5.91 Å². The van der Waals surface area contributed by atoms with Crippen LogP contribution in [0.5, 0.6) is 0 Å². The fourth-order valence-corrected chi connectivity index (χ4v) is 2.51. The van der Waals surface area contributed by atoms with Crippen molar-refractivity contribution in [1.82, 2.24) is 10.2 Å². The lowest BCUT2D eigenvalue weighted by Gasteiger charge is -2.44. The lowest BCUT2D eigenvalue weighted by atomic mass is 9.94. The van der Waals surface area contributed by atoms with Crippen LogP contribution in [-0.2, 0) is 14.3 Å². The zero-order valence-electron chi connectivity index (χ0n) is 10.7. The molecule has 2 fully saturated rings. The molecule has 1 saturated heterocycles. The Bertz CT molecular complexity index is 337. The Labute approximate surface area is 101 Å². The maximum absolute atomic E-state index is 11.9. The molecule has 1 heterocycles. The molecule has 96 valence electrons. The average molecular weight is 240 g/mol. The fourth-order valence-electron chi connectivity index (χ4n) is 2.51. The van der Waals surface area contributed by atoms with E-state index in [-0.39, 0.29) is 17.9 Å². The van der Waals surface area contributed by atoms with Crippen molar-refractivity contribution >= 4 is 11.9 Å². The van der Waals surface area contributed by atoms with Crippen LogP contribution in [0.4, 0.5) is 0 Å². The van der Waals surface area contributed by atoms with Gasteiger partial charge in [-0.3, -0.25) is 14.5 Å². The van der Waals surface area contributed by atoms with Crippen molar-refractivity contribution in [3.05, 3.63) is 0 Å². The zero-order chi connectivity index (χ0) is 12.6. The monoisotopic (exact) mass is 240 g/mol. The van der Waals surface area contributed by atoms with E-state index >= 15 is 0 Å². The van der Waals surface area contributed by atoms with Gasteiger partial charge in [0.1, 0.15) is 6.04 Å². The predicted octanol–water partition coefficient (Wildman–Crippen LogP) is 0.148. The van der Waals surface area contributed by atoms with E-state index in [1.165, 1.54) is 7.11 Å². The molecule has 2 aliphatic rings. The van der Waals surface area contributed by atoms with Crippen LogP contribution >= 0.6 is 0 Å². The minimum Gasteiger partial charge on any atom is -0.468 e. The van der Waals surface area contributed by atoms with Crippen LogP contribution in [0.2, 0.25) is 0 Å². The Morgan fingerprint density at radius 3 is 2.71 bits per heavy atom. The first kappa shape index (κ1) is 12.4. The van der Waals surface area contributed by atoms with Crippen LogP contribution in [0.1, 0.15) is 26.7 Å². The van der Waals surface area contributed by atoms with E-state index in [9.17, 15) is 9.59 Å². The van der Waals surface area contributed by atoms with Crippen LogP contribution in [-0.4, -0.2) is 48.6 Å². The molecule has 1 atom stereocenters. The number of piperazine rings is 1. The quantitative estimate of drug-likeness (QED) is 0.713. The second-order valence-electron chi connectivity index (χ2n) is 5.31. The Morgan fingerprint density at radius 2 is 2.18 bits per heavy atom. The molecule has 5 heteroatoms. The lowest BCUT2D eigenvalue weighted by molar-refractivity contribution is -0.155. The first-order valence-electron chi connectivity index (χ1n) is 6.11. The maximum atomic E-state index is 11.9. The number of carbonyl (C=O) groups excluding carboxylic acids is 2. The molecule has 1 amide bonds. The molecule has 0 spiro atoms. The van der Waals surface area contributed by atoms with Gasteiger partial charge in [0.15, 0.2) is 0 Å². The fraction of sp³-hybridized carbons (Fsp3) is 0.833. The summed E-state index contributed by atoms with van der Waals surface area (Å²) in [6, 6.07) is -0.263. The molecule has 1 saturated carbocycles. The van der Waals surface area contributed by atoms with Crippen molar-refractivity contribution in [2.24, 2.45) is 5.92 Å². The molecular formula is C12H20N2O3. The van der Waals surface area contributed by atoms with E-state index in [4.69, 9.17) is 4.74 Å². The maximum Gasteiger partial charge on any atom is 0.323 e. The molecule has 0 radical (unpaired) electrons. The summed E-state index contributed by atoms with van der Waals surface area (Å²) in [6.07, 6.45) is 2.10. The van der Waals surface area contributed by atoms with Gasteiger partial charge in [-0.1, -0.05) is 0 Å². The van der Waals surface area contributed by atoms with Gasteiger partial charge in [0.25, 0.3) is 0 Å². The van der Waals surface area contributed by atoms with Gasteiger partial charge in [-0.25, -0.2) is 0 Å². The van der Waals surface area contributed by atoms with E-state index in [1.807, 2.05) is 18.7 Å². The van der Waals surface area contributed by atoms with Crippen molar-refractivity contribution in [2.75, 3.05) is 20.2 Å². The first-order chi connectivity index (χ1) is 7.98. The summed E-state index contributed by atoms with van der Waals surface area (Å²) in [5.74, 6) is 0.126. The molecule has 1 N–H and O–H groups in total. The number of hydrogen-bond acceptors (Lipinski definition) is 4. The summed E-state index contributed by atoms with van der Waals surface area (Å²) in [4.78, 5) is 25.8. The van der Waals surface area contributed by atoms with E-state index in [0.29, 0.717) is 19.0 Å². The highest BCUT2D eigenvalue weighted by Gasteiger charge is 2.49. The number of carbonyl (C=O) groups is 2. The third kappa shape index (κ3) is 2.16. The molecule has 1 aliphatic carbocycles. The number of nitrogens with one attached hydrogen (secondary N) is 1. The summed E-state index contributed by atoms with van der Waals surface area (Å²) in [7, 11) is 1.41. The summed E-state index contributed by atoms with van der Waals surface area (Å²) < 4.78 is 4.88. The third-order valence-electron chi connectivity index (χ3n) is 3.76. The van der Waals surface area contributed by atoms with Gasteiger partial charge in [-0.2, -0.15) is 0 Å². The van der Waals surface area contributed by atoms with Gasteiger partial charge in [0.05, 0.1) is 12.6 Å². The van der Waals surface area contributed by atoms with Crippen LogP contribution in [0, 0.1) is 5.92 Å². The molecule has 2 rings (SSSR count). The van der Waals surface area contributed by atoms with Crippen LogP contribution < -0.4 is 5.32 Å². The summed E-state index contributed by atoms with van der Waals surface area (Å²) in [5.41, 5.74) is -0.639. The van der Waals surface area contributed by atoms with E-state index in [0.717, 1.165) is 12.8 Å². The highest BCUT2D eigenvalue weighted by atomic mass is 16.5. The number of nitrogens with zero attached hydrogens (tertiary/aromatic N) is 1. The van der Waals surface area contributed by atoms with Gasteiger partial charge in [-0.05, 0) is 32.6 Å². The SMILES string of the molecule is COC(=O)C(C1CC1)N1CCNC(=O)C1(C)C. The zero-order valence-corrected chi connectivity index (χ0v) is 10.7. The molecule has 0 aromatic carbocycles. The Kier molecular flexibility index (Phi) is 3.12. The van der Waals surface area contributed by atoms with Crippen molar-refractivity contribution in [1.29, 1.82) is 0 Å². The highest BCUT2D eigenvalue weighted by Crippen LogP contribution is 2.38. The Morgan fingerprint density at radius 1 is 1.53 bits per heavy atom. The molecule has 5 nitrogen and oxygen atoms in total. The first-order valence-corrected chi connectivity index (χ1v) is 6.11. The van der Waals surface area contributed by atoms with Crippen LogP contribution in [0.3, 0.4) is 0 Å². The molecule has 0 aromatic heterocycles. The van der Waals surface area contributed by atoms with Gasteiger partial charge < -0.3 is 10.1 Å². The topological polar surface area (TPSA) is 58.6 Å². The minimum absolute atomic E-state index is 0.0155. The molecule has 1 aliphatic heterocycles. The van der Waals surface area contributed by atoms with Crippen LogP contribution in [0.25, 0.3) is 0 Å². The number of rotatable bonds is 3. The lowest BCUT2D eigenvalue weighted by Crippen LogP contribution is -2.66. The van der Waals surface area contributed by atoms with E-state index in [1.54, 1.807) is 0 Å². The molecule has 0 bridgehead atoms. The third-order valence-corrected chi connectivity index (χ3v) is 3.76. The highest BCUT2D eigenvalue weighted by molar-refractivity contribution is 5.87. The summed E-state index contributed by atoms with van der Waals surface area (Å²) in [6.45, 7) is 5.02. The largest absolute Gasteiger partial charge is 0.468 e. The van der Waals surface area contributed by atoms with Crippen molar-refractivity contribution < 1.29 is 14.3 Å². The summed E-state index contributed by atoms with van der Waals surface area (Å²) >= 11 is 0. The molecular weight excluding hydrogens is 220 g/mol. The molecule has 1 unspecified atom stereocenters. The van der Waals surface area contributed by atoms with Gasteiger partial charge in [0, 0.05) is 13.1 Å². The van der Waals surface area contributed by atoms with E-state index < -0.39 is 5.54 Å². The Hall–Kier alpha value is -1.10. The second kappa shape index (κ2) is 4.29. The van der Waals surface area contributed by atoms with Crippen molar-refractivity contribution in [2.45, 2.75) is 38.3 Å². The predicted molar refractivity (Wildman–Crippen MR) is 62.3 cm³/mol. The molecule has 17 heavy (non-hydrogen) atoms. The number of esters is 1. The number of amides is 1. The normalized spacial score (nSPS) is 26.2. The van der Waals surface area contributed by atoms with Crippen LogP contribution in [0.15, 0.2) is 0 Å². The smallest absolute Gasteiger partial charge is 0.323 e. The van der Waals surface area contributed by atoms with Gasteiger partial charge >= 0.3 is 5.97 Å². The average Bonchev–Trinajstić information content (AvgIpc) is 3.09. The number of hydrogen-bond donors (Lipinski definition) is 1. The molecule has 0 aromatic rings. The second-order valence-corrected chi connectivity index (χ2v) is 5.31. The number of ether oxygens (including phenoxy) is 1. The minimum atomic E-state index is -0.639. The number of methoxy groups -OCH3 is 1.